The molecule has 2 aromatic heterocycles. The number of quaternary nitrogens is 1. The lowest BCUT2D eigenvalue weighted by Crippen LogP contribution is -3.20. The molecule has 3 saturated heterocycles. The number of aryl methyl sites for hydroxylation is 1. The van der Waals surface area contributed by atoms with Crippen LogP contribution in [0.15, 0.2) is 60.8 Å². The number of rotatable bonds is 6. The van der Waals surface area contributed by atoms with Gasteiger partial charge in [0.15, 0.2) is 6.10 Å². The van der Waals surface area contributed by atoms with Gasteiger partial charge in [0.25, 0.3) is 0 Å². The predicted octanol–water partition coefficient (Wildman–Crippen LogP) is 4.92. The van der Waals surface area contributed by atoms with Crippen molar-refractivity contribution in [1.29, 1.82) is 0 Å². The van der Waals surface area contributed by atoms with Crippen molar-refractivity contribution in [2.24, 2.45) is 11.8 Å². The van der Waals surface area contributed by atoms with Crippen molar-refractivity contribution in [3.05, 3.63) is 71.9 Å². The number of nitrogens with zero attached hydrogens (tertiary/aromatic N) is 2. The van der Waals surface area contributed by atoms with Crippen LogP contribution in [-0.4, -0.2) is 36.2 Å². The molecule has 0 spiro atoms. The molecule has 1 unspecified atom stereocenters. The van der Waals surface area contributed by atoms with E-state index in [1.54, 1.807) is 12.0 Å². The van der Waals surface area contributed by atoms with Crippen LogP contribution in [0.1, 0.15) is 43.4 Å². The number of hydrogen-bond donors (Lipinski definition) is 1. The highest BCUT2D eigenvalue weighted by molar-refractivity contribution is 5.84. The number of aromatic nitrogens is 2. The first kappa shape index (κ1) is 22.3. The van der Waals surface area contributed by atoms with Crippen LogP contribution in [0, 0.1) is 18.8 Å². The molecule has 2 aromatic carbocycles. The Morgan fingerprint density at radius 3 is 2.74 bits per heavy atom. The molecule has 2 bridgehead atoms. The maximum absolute atomic E-state index is 6.93. The molecule has 0 amide bonds. The Kier molecular flexibility index (Phi) is 5.81. The van der Waals surface area contributed by atoms with Crippen molar-refractivity contribution in [3.63, 3.8) is 0 Å². The summed E-state index contributed by atoms with van der Waals surface area (Å²) in [6, 6.07) is 19.1. The van der Waals surface area contributed by atoms with Crippen LogP contribution in [-0.2, 0) is 0 Å². The van der Waals surface area contributed by atoms with Gasteiger partial charge in [0.1, 0.15) is 11.8 Å². The average Bonchev–Trinajstić information content (AvgIpc) is 2.91. The number of methoxy groups -OCH3 is 1. The molecule has 3 aliphatic heterocycles. The summed E-state index contributed by atoms with van der Waals surface area (Å²) in [5, 5.41) is 2.27. The summed E-state index contributed by atoms with van der Waals surface area (Å²) < 4.78 is 12.5. The molecular formula is C30H34N3O2+. The molecule has 3 aliphatic rings. The number of benzene rings is 2. The smallest absolute Gasteiger partial charge is 0.214 e. The molecule has 0 saturated carbocycles. The van der Waals surface area contributed by atoms with Crippen molar-refractivity contribution in [1.82, 2.24) is 9.97 Å². The van der Waals surface area contributed by atoms with Gasteiger partial charge in [0.2, 0.25) is 5.88 Å². The van der Waals surface area contributed by atoms with Crippen LogP contribution >= 0.6 is 0 Å². The Hall–Kier alpha value is -3.18. The highest BCUT2D eigenvalue weighted by Crippen LogP contribution is 2.38. The largest absolute Gasteiger partial charge is 0.497 e. The zero-order valence-corrected chi connectivity index (χ0v) is 20.8. The Morgan fingerprint density at radius 1 is 1.06 bits per heavy atom. The Labute approximate surface area is 207 Å². The van der Waals surface area contributed by atoms with Crippen LogP contribution in [0.2, 0.25) is 0 Å². The van der Waals surface area contributed by atoms with E-state index >= 15 is 0 Å². The molecule has 5 nitrogen and oxygen atoms in total. The number of piperidine rings is 3. The van der Waals surface area contributed by atoms with Crippen molar-refractivity contribution in [2.75, 3.05) is 20.2 Å². The van der Waals surface area contributed by atoms with E-state index in [0.717, 1.165) is 34.0 Å². The Bertz CT molecular complexity index is 1370. The van der Waals surface area contributed by atoms with Crippen molar-refractivity contribution in [3.8, 4) is 11.6 Å². The normalized spacial score (nSPS) is 24.5. The average molecular weight is 469 g/mol. The van der Waals surface area contributed by atoms with Crippen molar-refractivity contribution in [2.45, 2.75) is 45.3 Å². The summed E-state index contributed by atoms with van der Waals surface area (Å²) in [4.78, 5) is 11.3. The van der Waals surface area contributed by atoms with Gasteiger partial charge in [-0.3, -0.25) is 4.98 Å². The molecule has 5 atom stereocenters. The second kappa shape index (κ2) is 9.12. The number of fused-ring (bicyclic) bond motifs is 5. The fraction of sp³-hybridized carbons (Fsp3) is 0.400. The van der Waals surface area contributed by atoms with Crippen molar-refractivity contribution < 1.29 is 14.4 Å². The lowest BCUT2D eigenvalue weighted by molar-refractivity contribution is -0.950. The number of pyridine rings is 2. The summed E-state index contributed by atoms with van der Waals surface area (Å²) in [6.45, 7) is 6.95. The molecule has 35 heavy (non-hydrogen) atoms. The van der Waals surface area contributed by atoms with Gasteiger partial charge in [-0.05, 0) is 55.2 Å². The fourth-order valence-corrected chi connectivity index (χ4v) is 6.56. The standard InChI is InChI=1S/C30H33N3O2/c1-4-20-18-33-14-12-21(20)16-28(33)30(24-11-13-31-26-10-9-22(34-3)17-25(24)26)35-29-15-19(2)23-7-5-6-8-27(23)32-29/h5-11,13,15,17,20-21,28,30H,4,12,14,16,18H2,1-3H3/p+1/t20-,21+,28+,30-/m1/s1. The molecule has 3 fully saturated rings. The molecule has 0 aliphatic carbocycles. The van der Waals surface area contributed by atoms with E-state index in [0.29, 0.717) is 11.9 Å². The maximum Gasteiger partial charge on any atom is 0.214 e. The summed E-state index contributed by atoms with van der Waals surface area (Å²) in [5.74, 6) is 3.15. The van der Waals surface area contributed by atoms with E-state index in [1.807, 2.05) is 24.4 Å². The van der Waals surface area contributed by atoms with Gasteiger partial charge < -0.3 is 14.4 Å². The predicted molar refractivity (Wildman–Crippen MR) is 139 cm³/mol. The van der Waals surface area contributed by atoms with Gasteiger partial charge in [-0.15, -0.1) is 0 Å². The minimum absolute atomic E-state index is 0.101. The fourth-order valence-electron chi connectivity index (χ4n) is 6.56. The topological polar surface area (TPSA) is 48.7 Å². The molecule has 5 heteroatoms. The molecule has 4 aromatic rings. The summed E-state index contributed by atoms with van der Waals surface area (Å²) >= 11 is 0. The quantitative estimate of drug-likeness (QED) is 0.436. The first-order valence-electron chi connectivity index (χ1n) is 12.9. The van der Waals surface area contributed by atoms with E-state index in [4.69, 9.17) is 14.5 Å². The second-order valence-electron chi connectivity index (χ2n) is 10.3. The highest BCUT2D eigenvalue weighted by Gasteiger charge is 2.47. The van der Waals surface area contributed by atoms with E-state index < -0.39 is 0 Å². The Morgan fingerprint density at radius 2 is 1.94 bits per heavy atom. The van der Waals surface area contributed by atoms with E-state index in [1.165, 1.54) is 48.9 Å². The third kappa shape index (κ3) is 4.02. The van der Waals surface area contributed by atoms with Gasteiger partial charge in [0.05, 0.1) is 31.2 Å². The van der Waals surface area contributed by atoms with Crippen molar-refractivity contribution >= 4 is 21.8 Å². The molecular weight excluding hydrogens is 434 g/mol. The van der Waals surface area contributed by atoms with E-state index in [-0.39, 0.29) is 6.10 Å². The minimum atomic E-state index is -0.101. The second-order valence-corrected chi connectivity index (χ2v) is 10.3. The highest BCUT2D eigenvalue weighted by atomic mass is 16.5. The third-order valence-corrected chi connectivity index (χ3v) is 8.43. The van der Waals surface area contributed by atoms with Gasteiger partial charge in [0, 0.05) is 47.4 Å². The number of para-hydroxylation sites is 1. The molecule has 180 valence electrons. The maximum atomic E-state index is 6.93. The zero-order valence-electron chi connectivity index (χ0n) is 20.8. The van der Waals surface area contributed by atoms with E-state index in [2.05, 4.69) is 55.2 Å². The van der Waals surface area contributed by atoms with Crippen LogP contribution in [0.3, 0.4) is 0 Å². The summed E-state index contributed by atoms with van der Waals surface area (Å²) in [5.41, 5.74) is 4.32. The van der Waals surface area contributed by atoms with E-state index in [9.17, 15) is 0 Å². The summed E-state index contributed by atoms with van der Waals surface area (Å²) in [7, 11) is 1.72. The lowest BCUT2D eigenvalue weighted by Gasteiger charge is -2.48. The van der Waals surface area contributed by atoms with Gasteiger partial charge in [-0.25, -0.2) is 4.98 Å². The van der Waals surface area contributed by atoms with Crippen LogP contribution in [0.4, 0.5) is 0 Å². The lowest BCUT2D eigenvalue weighted by atomic mass is 9.72. The van der Waals surface area contributed by atoms with Crippen LogP contribution in [0.25, 0.3) is 21.8 Å². The zero-order chi connectivity index (χ0) is 23.9. The molecule has 0 radical (unpaired) electrons. The minimum Gasteiger partial charge on any atom is -0.497 e. The van der Waals surface area contributed by atoms with Gasteiger partial charge >= 0.3 is 0 Å². The number of nitrogens with one attached hydrogen (secondary N) is 1. The SMILES string of the molecule is CC[C@@H]1C[NH+]2CC[C@H]1C[C@H]2[C@H](Oc1cc(C)c2ccccc2n1)c1ccnc2ccc(OC)cc12. The third-order valence-electron chi connectivity index (χ3n) is 8.43. The van der Waals surface area contributed by atoms with Crippen LogP contribution < -0.4 is 14.4 Å². The first-order valence-corrected chi connectivity index (χ1v) is 12.9. The van der Waals surface area contributed by atoms with Gasteiger partial charge in [-0.2, -0.15) is 0 Å². The number of ether oxygens (including phenoxy) is 2. The van der Waals surface area contributed by atoms with Crippen LogP contribution in [0.5, 0.6) is 11.6 Å². The number of hydrogen-bond acceptors (Lipinski definition) is 4. The first-order chi connectivity index (χ1) is 17.1. The van der Waals surface area contributed by atoms with Gasteiger partial charge in [-0.1, -0.05) is 25.1 Å². The Balaban J connectivity index is 1.46. The monoisotopic (exact) mass is 468 g/mol. The summed E-state index contributed by atoms with van der Waals surface area (Å²) in [6.07, 6.45) is 5.61. The molecule has 1 N–H and O–H groups in total. The molecule has 5 heterocycles. The molecule has 7 rings (SSSR count).